The van der Waals surface area contributed by atoms with Crippen LogP contribution in [0.4, 0.5) is 5.69 Å². The summed E-state index contributed by atoms with van der Waals surface area (Å²) in [5.74, 6) is 1.83. The van der Waals surface area contributed by atoms with Crippen LogP contribution in [0.2, 0.25) is 0 Å². The Morgan fingerprint density at radius 2 is 1.60 bits per heavy atom. The van der Waals surface area contributed by atoms with Crippen molar-refractivity contribution in [2.45, 2.75) is 176 Å². The molecule has 4 aliphatic carbocycles. The molecule has 0 aliphatic heterocycles. The van der Waals surface area contributed by atoms with E-state index in [0.29, 0.717) is 42.7 Å². The molecule has 0 spiro atoms. The first-order valence-corrected chi connectivity index (χ1v) is 24.4. The molecule has 4 aliphatic rings. The normalized spacial score (nSPS) is 28.3. The summed E-state index contributed by atoms with van der Waals surface area (Å²) in [6.07, 6.45) is 17.6. The fourth-order valence-corrected chi connectivity index (χ4v) is 12.2. The number of nitrogens with one attached hydrogen (secondary N) is 4. The molecule has 0 saturated heterocycles. The van der Waals surface area contributed by atoms with Gasteiger partial charge in [-0.2, -0.15) is 0 Å². The van der Waals surface area contributed by atoms with Crippen molar-refractivity contribution in [3.8, 4) is 0 Å². The Kier molecular flexibility index (Phi) is 18.3. The van der Waals surface area contributed by atoms with E-state index < -0.39 is 42.1 Å². The van der Waals surface area contributed by atoms with E-state index in [-0.39, 0.29) is 42.8 Å². The Balaban J connectivity index is 1.02. The SMILES string of the molecule is CCC(C)C(NC(=O)CCC(=O)NCCCOC1CCC2(C)C(=CCC3C2CCC2(C)C(C(C)CCCC(C)C)CCC32)C1)C(=O)NC(CC(N)=O)C(=O)Nc1ccc(CO)cc1. The third-order valence-corrected chi connectivity index (χ3v) is 16.1. The zero-order valence-electron chi connectivity index (χ0n) is 39.6. The molecule has 7 N–H and O–H groups in total. The minimum atomic E-state index is -1.28. The van der Waals surface area contributed by atoms with Crippen molar-refractivity contribution in [1.82, 2.24) is 16.0 Å². The molecular formula is C51H81N5O7. The monoisotopic (exact) mass is 876 g/mol. The molecule has 63 heavy (non-hydrogen) atoms. The average molecular weight is 876 g/mol. The van der Waals surface area contributed by atoms with Crippen LogP contribution in [0.1, 0.15) is 157 Å². The van der Waals surface area contributed by atoms with E-state index in [1.54, 1.807) is 36.8 Å². The van der Waals surface area contributed by atoms with Crippen LogP contribution in [0.25, 0.3) is 0 Å². The number of carbonyl (C=O) groups excluding carboxylic acids is 5. The van der Waals surface area contributed by atoms with Crippen LogP contribution in [0.5, 0.6) is 0 Å². The van der Waals surface area contributed by atoms with Gasteiger partial charge in [-0.15, -0.1) is 0 Å². The minimum Gasteiger partial charge on any atom is -0.392 e. The Bertz CT molecular complexity index is 1750. The van der Waals surface area contributed by atoms with Crippen molar-refractivity contribution in [1.29, 1.82) is 0 Å². The van der Waals surface area contributed by atoms with Gasteiger partial charge < -0.3 is 36.8 Å². The molecule has 5 rings (SSSR count). The van der Waals surface area contributed by atoms with Crippen molar-refractivity contribution in [2.24, 2.45) is 58.0 Å². The molecule has 5 amide bonds. The molecule has 3 saturated carbocycles. The second-order valence-electron chi connectivity index (χ2n) is 20.7. The van der Waals surface area contributed by atoms with E-state index in [2.05, 4.69) is 62.0 Å². The standard InChI is InChI=1S/C51H81N5O7/c1-8-33(4)47(49(62)55-43(30-44(52)58)48(61)54-37-16-13-35(31-57)14-17-37)56-46(60)22-21-45(59)53-27-10-28-63-38-23-25-50(6)36(29-38)15-18-39-41-20-19-40(34(5)12-9-11-32(2)3)51(41,7)26-24-42(39)50/h13-17,32-34,38-43,47,57H,8-12,18-31H2,1-7H3,(H2,52,58)(H,53,59)(H,54,61)(H,55,62)(H,56,60). The van der Waals surface area contributed by atoms with Crippen molar-refractivity contribution in [3.05, 3.63) is 41.5 Å². The zero-order chi connectivity index (χ0) is 45.9. The maximum atomic E-state index is 13.4. The molecule has 0 aromatic heterocycles. The number of ether oxygens (including phenoxy) is 1. The maximum Gasteiger partial charge on any atom is 0.247 e. The topological polar surface area (TPSA) is 189 Å². The summed E-state index contributed by atoms with van der Waals surface area (Å²) < 4.78 is 6.41. The molecule has 12 nitrogen and oxygen atoms in total. The van der Waals surface area contributed by atoms with Gasteiger partial charge in [0.25, 0.3) is 0 Å². The maximum absolute atomic E-state index is 13.4. The first-order valence-electron chi connectivity index (χ1n) is 24.4. The molecule has 1 aromatic carbocycles. The Hall–Kier alpha value is -3.77. The molecular weight excluding hydrogens is 795 g/mol. The van der Waals surface area contributed by atoms with Crippen LogP contribution in [-0.4, -0.2) is 66.0 Å². The highest BCUT2D eigenvalue weighted by molar-refractivity contribution is 6.00. The second kappa shape index (κ2) is 22.9. The summed E-state index contributed by atoms with van der Waals surface area (Å²) in [5, 5.41) is 20.2. The van der Waals surface area contributed by atoms with Crippen molar-refractivity contribution < 1.29 is 33.8 Å². The van der Waals surface area contributed by atoms with Crippen LogP contribution in [0.15, 0.2) is 35.9 Å². The number of rotatable bonds is 23. The van der Waals surface area contributed by atoms with Gasteiger partial charge in [-0.05, 0) is 128 Å². The van der Waals surface area contributed by atoms with Crippen molar-refractivity contribution >= 4 is 35.2 Å². The van der Waals surface area contributed by atoms with Gasteiger partial charge in [0.05, 0.1) is 19.1 Å². The zero-order valence-corrected chi connectivity index (χ0v) is 39.6. The van der Waals surface area contributed by atoms with Crippen LogP contribution in [0.3, 0.4) is 0 Å². The summed E-state index contributed by atoms with van der Waals surface area (Å²) in [4.78, 5) is 64.1. The number of allylic oxidation sites excluding steroid dienone is 1. The largest absolute Gasteiger partial charge is 0.392 e. The molecule has 0 bridgehead atoms. The van der Waals surface area contributed by atoms with Crippen LogP contribution >= 0.6 is 0 Å². The summed E-state index contributed by atoms with van der Waals surface area (Å²) >= 11 is 0. The molecule has 0 heterocycles. The van der Waals surface area contributed by atoms with E-state index in [9.17, 15) is 29.1 Å². The Morgan fingerprint density at radius 3 is 2.29 bits per heavy atom. The number of anilines is 1. The van der Waals surface area contributed by atoms with E-state index in [1.807, 2.05) is 6.92 Å². The average Bonchev–Trinajstić information content (AvgIpc) is 3.61. The summed E-state index contributed by atoms with van der Waals surface area (Å²) in [7, 11) is 0. The van der Waals surface area contributed by atoms with Gasteiger partial charge in [0, 0.05) is 31.7 Å². The lowest BCUT2D eigenvalue weighted by Gasteiger charge is -2.58. The number of amides is 5. The first kappa shape index (κ1) is 50.2. The summed E-state index contributed by atoms with van der Waals surface area (Å²) in [5.41, 5.74) is 8.86. The predicted octanol–water partition coefficient (Wildman–Crippen LogP) is 7.72. The van der Waals surface area contributed by atoms with Gasteiger partial charge >= 0.3 is 0 Å². The van der Waals surface area contributed by atoms with Crippen molar-refractivity contribution in [2.75, 3.05) is 18.5 Å². The highest BCUT2D eigenvalue weighted by atomic mass is 16.5. The number of nitrogens with two attached hydrogens (primary N) is 1. The van der Waals surface area contributed by atoms with E-state index in [4.69, 9.17) is 10.5 Å². The van der Waals surface area contributed by atoms with Gasteiger partial charge in [0.1, 0.15) is 12.1 Å². The van der Waals surface area contributed by atoms with Crippen LogP contribution < -0.4 is 27.0 Å². The lowest BCUT2D eigenvalue weighted by Crippen LogP contribution is -2.55. The van der Waals surface area contributed by atoms with Gasteiger partial charge in [0.2, 0.25) is 29.5 Å². The minimum absolute atomic E-state index is 0.0428. The molecule has 3 fully saturated rings. The lowest BCUT2D eigenvalue weighted by atomic mass is 9.47. The van der Waals surface area contributed by atoms with Crippen molar-refractivity contribution in [3.63, 3.8) is 0 Å². The quantitative estimate of drug-likeness (QED) is 0.0480. The van der Waals surface area contributed by atoms with Gasteiger partial charge in [-0.3, -0.25) is 24.0 Å². The van der Waals surface area contributed by atoms with Crippen LogP contribution in [0, 0.1) is 52.3 Å². The number of fused-ring (bicyclic) bond motifs is 5. The Labute approximate surface area is 377 Å². The molecule has 0 radical (unpaired) electrons. The molecule has 1 aromatic rings. The second-order valence-corrected chi connectivity index (χ2v) is 20.7. The number of primary amides is 1. The number of benzene rings is 1. The number of carbonyl (C=O) groups is 5. The predicted molar refractivity (Wildman–Crippen MR) is 248 cm³/mol. The smallest absolute Gasteiger partial charge is 0.247 e. The fraction of sp³-hybridized carbons (Fsp3) is 0.745. The van der Waals surface area contributed by atoms with E-state index >= 15 is 0 Å². The van der Waals surface area contributed by atoms with Gasteiger partial charge in [-0.1, -0.05) is 97.9 Å². The first-order chi connectivity index (χ1) is 30.0. The molecule has 11 atom stereocenters. The third kappa shape index (κ3) is 13.0. The van der Waals surface area contributed by atoms with Crippen LogP contribution in [-0.2, 0) is 35.3 Å². The molecule has 12 heteroatoms. The highest BCUT2D eigenvalue weighted by Gasteiger charge is 2.59. The fourth-order valence-electron chi connectivity index (χ4n) is 12.2. The number of aliphatic hydroxyl groups is 1. The van der Waals surface area contributed by atoms with E-state index in [1.165, 1.54) is 57.8 Å². The third-order valence-electron chi connectivity index (χ3n) is 16.1. The van der Waals surface area contributed by atoms with E-state index in [0.717, 1.165) is 48.3 Å². The Morgan fingerprint density at radius 1 is 0.873 bits per heavy atom. The summed E-state index contributed by atoms with van der Waals surface area (Å²) in [6.45, 7) is 17.0. The number of hydrogen-bond acceptors (Lipinski definition) is 7. The number of aliphatic hydroxyl groups excluding tert-OH is 1. The van der Waals surface area contributed by atoms with Gasteiger partial charge in [0.15, 0.2) is 0 Å². The highest BCUT2D eigenvalue weighted by Crippen LogP contribution is 2.67. The summed E-state index contributed by atoms with van der Waals surface area (Å²) in [6, 6.07) is 4.17. The van der Waals surface area contributed by atoms with Gasteiger partial charge in [-0.25, -0.2) is 0 Å². The number of hydrogen-bond donors (Lipinski definition) is 6. The molecule has 352 valence electrons. The lowest BCUT2D eigenvalue weighted by molar-refractivity contribution is -0.133. The molecule has 11 unspecified atom stereocenters.